The van der Waals surface area contributed by atoms with Gasteiger partial charge >= 0.3 is 6.18 Å². The van der Waals surface area contributed by atoms with Crippen LogP contribution in [0.4, 0.5) is 22.0 Å². The molecule has 18 heavy (non-hydrogen) atoms. The van der Waals surface area contributed by atoms with Gasteiger partial charge in [-0.15, -0.1) is 0 Å². The molecule has 0 aliphatic carbocycles. The molecule has 0 amide bonds. The minimum atomic E-state index is -4.95. The van der Waals surface area contributed by atoms with Crippen LogP contribution >= 0.6 is 0 Å². The van der Waals surface area contributed by atoms with Crippen molar-refractivity contribution in [3.63, 3.8) is 0 Å². The van der Waals surface area contributed by atoms with Crippen LogP contribution in [-0.2, 0) is 6.18 Å². The zero-order chi connectivity index (χ0) is 14.1. The minimum Gasteiger partial charge on any atom is -0.294 e. The van der Waals surface area contributed by atoms with E-state index in [9.17, 15) is 26.7 Å². The topological polar surface area (TPSA) is 40.9 Å². The molecule has 0 aliphatic rings. The lowest BCUT2D eigenvalue weighted by molar-refractivity contribution is -0.138. The van der Waals surface area contributed by atoms with E-state index in [4.69, 9.17) is 5.26 Å². The Bertz CT molecular complexity index is 527. The smallest absolute Gasteiger partial charge is 0.294 e. The van der Waals surface area contributed by atoms with Gasteiger partial charge in [-0.05, 0) is 19.1 Å². The SMILES string of the molecule is CC(=O)c1cc(C(F)F)cc(C#N)c1C(F)(F)F. The van der Waals surface area contributed by atoms with Crippen molar-refractivity contribution in [1.82, 2.24) is 0 Å². The number of hydrogen-bond acceptors (Lipinski definition) is 2. The molecule has 0 saturated carbocycles. The van der Waals surface area contributed by atoms with E-state index >= 15 is 0 Å². The molecule has 0 saturated heterocycles. The molecule has 1 rings (SSSR count). The highest BCUT2D eigenvalue weighted by Crippen LogP contribution is 2.37. The van der Waals surface area contributed by atoms with Crippen molar-refractivity contribution in [3.8, 4) is 6.07 Å². The van der Waals surface area contributed by atoms with Crippen LogP contribution < -0.4 is 0 Å². The molecule has 0 bridgehead atoms. The van der Waals surface area contributed by atoms with Crippen LogP contribution in [0.25, 0.3) is 0 Å². The molecule has 0 radical (unpaired) electrons. The quantitative estimate of drug-likeness (QED) is 0.602. The maximum absolute atomic E-state index is 12.7. The maximum atomic E-state index is 12.7. The Hall–Kier alpha value is -1.97. The zero-order valence-electron chi connectivity index (χ0n) is 8.98. The third-order valence-electron chi connectivity index (χ3n) is 2.20. The summed E-state index contributed by atoms with van der Waals surface area (Å²) in [6, 6.07) is 2.10. The number of carbonyl (C=O) groups is 1. The number of rotatable bonds is 2. The normalized spacial score (nSPS) is 11.4. The Labute approximate surface area is 98.6 Å². The van der Waals surface area contributed by atoms with Gasteiger partial charge in [0.2, 0.25) is 0 Å². The van der Waals surface area contributed by atoms with Gasteiger partial charge in [-0.2, -0.15) is 18.4 Å². The molecule has 0 heterocycles. The van der Waals surface area contributed by atoms with Crippen molar-refractivity contribution in [1.29, 1.82) is 5.26 Å². The van der Waals surface area contributed by atoms with Crippen LogP contribution in [0, 0.1) is 11.3 Å². The van der Waals surface area contributed by atoms with Gasteiger partial charge in [0.15, 0.2) is 5.78 Å². The molecule has 2 nitrogen and oxygen atoms in total. The molecule has 0 N–H and O–H groups in total. The van der Waals surface area contributed by atoms with Gasteiger partial charge < -0.3 is 0 Å². The molecule has 0 fully saturated rings. The van der Waals surface area contributed by atoms with Crippen LogP contribution in [0.3, 0.4) is 0 Å². The summed E-state index contributed by atoms with van der Waals surface area (Å²) in [6.45, 7) is 0.820. The first-order valence-electron chi connectivity index (χ1n) is 4.62. The number of nitriles is 1. The fourth-order valence-corrected chi connectivity index (χ4v) is 1.46. The van der Waals surface area contributed by atoms with Gasteiger partial charge in [-0.3, -0.25) is 4.79 Å². The summed E-state index contributed by atoms with van der Waals surface area (Å²) in [5, 5.41) is 8.59. The van der Waals surface area contributed by atoms with E-state index in [2.05, 4.69) is 0 Å². The summed E-state index contributed by atoms with van der Waals surface area (Å²) in [5.41, 5.74) is -4.16. The van der Waals surface area contributed by atoms with Gasteiger partial charge in [0.25, 0.3) is 6.43 Å². The average Bonchev–Trinajstić information content (AvgIpc) is 2.25. The molecule has 96 valence electrons. The number of benzene rings is 1. The van der Waals surface area contributed by atoms with Crippen molar-refractivity contribution in [3.05, 3.63) is 34.4 Å². The second-order valence-electron chi connectivity index (χ2n) is 3.46. The van der Waals surface area contributed by atoms with Gasteiger partial charge in [-0.25, -0.2) is 8.78 Å². The van der Waals surface area contributed by atoms with Crippen molar-refractivity contribution < 1.29 is 26.7 Å². The average molecular weight is 263 g/mol. The molecule has 0 atom stereocenters. The minimum absolute atomic E-state index is 0.444. The monoisotopic (exact) mass is 263 g/mol. The predicted octanol–water partition coefficient (Wildman–Crippen LogP) is 3.72. The van der Waals surface area contributed by atoms with Gasteiger partial charge in [0, 0.05) is 11.1 Å². The van der Waals surface area contributed by atoms with Crippen LogP contribution in [0.5, 0.6) is 0 Å². The number of alkyl halides is 5. The van der Waals surface area contributed by atoms with Crippen LogP contribution in [0.2, 0.25) is 0 Å². The van der Waals surface area contributed by atoms with E-state index in [0.29, 0.717) is 12.1 Å². The fraction of sp³-hybridized carbons (Fsp3) is 0.273. The summed E-state index contributed by atoms with van der Waals surface area (Å²) in [5.74, 6) is -1.03. The Kier molecular flexibility index (Phi) is 3.70. The van der Waals surface area contributed by atoms with Crippen LogP contribution in [0.1, 0.15) is 40.4 Å². The first-order chi connectivity index (χ1) is 8.18. The molecular formula is C11H6F5NO. The van der Waals surface area contributed by atoms with E-state index in [1.54, 1.807) is 0 Å². The number of hydrogen-bond donors (Lipinski definition) is 0. The second kappa shape index (κ2) is 4.72. The van der Waals surface area contributed by atoms with Crippen LogP contribution in [0.15, 0.2) is 12.1 Å². The second-order valence-corrected chi connectivity index (χ2v) is 3.46. The van der Waals surface area contributed by atoms with E-state index in [-0.39, 0.29) is 0 Å². The summed E-state index contributed by atoms with van der Waals surface area (Å²) in [6.07, 6.45) is -8.01. The molecule has 7 heteroatoms. The summed E-state index contributed by atoms with van der Waals surface area (Å²) >= 11 is 0. The van der Waals surface area contributed by atoms with Crippen LogP contribution in [-0.4, -0.2) is 5.78 Å². The van der Waals surface area contributed by atoms with Gasteiger partial charge in [0.1, 0.15) is 0 Å². The number of ketones is 1. The highest BCUT2D eigenvalue weighted by molar-refractivity contribution is 5.96. The molecule has 0 unspecified atom stereocenters. The largest absolute Gasteiger partial charge is 0.418 e. The lowest BCUT2D eigenvalue weighted by atomic mass is 9.95. The molecule has 0 aliphatic heterocycles. The lowest BCUT2D eigenvalue weighted by Gasteiger charge is -2.14. The summed E-state index contributed by atoms with van der Waals surface area (Å²) in [7, 11) is 0. The van der Waals surface area contributed by atoms with E-state index < -0.39 is 40.6 Å². The third-order valence-corrected chi connectivity index (χ3v) is 2.20. The van der Waals surface area contributed by atoms with Gasteiger partial charge in [0.05, 0.1) is 17.2 Å². The molecule has 0 spiro atoms. The van der Waals surface area contributed by atoms with Crippen molar-refractivity contribution in [2.75, 3.05) is 0 Å². The number of nitrogens with zero attached hydrogens (tertiary/aromatic N) is 1. The molecule has 1 aromatic carbocycles. The zero-order valence-corrected chi connectivity index (χ0v) is 8.98. The standard InChI is InChI=1S/C11H6F5NO/c1-5(18)8-3-6(10(12)13)2-7(4-17)9(8)11(14,15)16/h2-3,10H,1H3. The van der Waals surface area contributed by atoms with E-state index in [1.165, 1.54) is 6.07 Å². The Morgan fingerprint density at radius 2 is 1.89 bits per heavy atom. The van der Waals surface area contributed by atoms with E-state index in [1.807, 2.05) is 0 Å². The Balaban J connectivity index is 3.69. The molecular weight excluding hydrogens is 257 g/mol. The molecule has 0 aromatic heterocycles. The highest BCUT2D eigenvalue weighted by atomic mass is 19.4. The molecule has 1 aromatic rings. The Morgan fingerprint density at radius 1 is 1.33 bits per heavy atom. The van der Waals surface area contributed by atoms with Gasteiger partial charge in [-0.1, -0.05) is 0 Å². The fourth-order valence-electron chi connectivity index (χ4n) is 1.46. The number of carbonyl (C=O) groups excluding carboxylic acids is 1. The van der Waals surface area contributed by atoms with Crippen molar-refractivity contribution in [2.45, 2.75) is 19.5 Å². The number of Topliss-reactive ketones (excluding diaryl/α,β-unsaturated/α-hetero) is 1. The Morgan fingerprint density at radius 3 is 2.22 bits per heavy atom. The summed E-state index contributed by atoms with van der Waals surface area (Å²) in [4.78, 5) is 11.1. The predicted molar refractivity (Wildman–Crippen MR) is 51.1 cm³/mol. The number of halogens is 5. The first-order valence-corrected chi connectivity index (χ1v) is 4.62. The maximum Gasteiger partial charge on any atom is 0.418 e. The summed E-state index contributed by atoms with van der Waals surface area (Å²) < 4.78 is 63.0. The third kappa shape index (κ3) is 2.64. The van der Waals surface area contributed by atoms with E-state index in [0.717, 1.165) is 6.92 Å². The first kappa shape index (κ1) is 14.1. The van der Waals surface area contributed by atoms with Crippen molar-refractivity contribution >= 4 is 5.78 Å². The highest BCUT2D eigenvalue weighted by Gasteiger charge is 2.38. The lowest BCUT2D eigenvalue weighted by Crippen LogP contribution is -2.15. The van der Waals surface area contributed by atoms with Crippen molar-refractivity contribution in [2.24, 2.45) is 0 Å².